The van der Waals surface area contributed by atoms with Gasteiger partial charge in [-0.2, -0.15) is 0 Å². The molecular weight excluding hydrogens is 144 g/mol. The molecule has 0 saturated carbocycles. The first-order chi connectivity index (χ1) is 5.65. The summed E-state index contributed by atoms with van der Waals surface area (Å²) < 4.78 is 0. The molecule has 0 spiro atoms. The molecule has 0 N–H and O–H groups in total. The smallest absolute Gasteiger partial charge is 0.0206 e. The first-order valence-electron chi connectivity index (χ1n) is 5.33. The molecule has 12 heavy (non-hydrogen) atoms. The lowest BCUT2D eigenvalue weighted by Crippen LogP contribution is -2.07. The van der Waals surface area contributed by atoms with Crippen LogP contribution in [0, 0.1) is 11.8 Å². The van der Waals surface area contributed by atoms with Gasteiger partial charge in [0.15, 0.2) is 0 Å². The van der Waals surface area contributed by atoms with Crippen LogP contribution in [0.1, 0.15) is 53.4 Å². The van der Waals surface area contributed by atoms with Crippen molar-refractivity contribution in [2.45, 2.75) is 53.4 Å². The predicted molar refractivity (Wildman–Crippen MR) is 57.3 cm³/mol. The van der Waals surface area contributed by atoms with Crippen LogP contribution in [0.15, 0.2) is 12.2 Å². The van der Waals surface area contributed by atoms with E-state index in [0.717, 1.165) is 18.3 Å². The van der Waals surface area contributed by atoms with E-state index in [0.29, 0.717) is 0 Å². The largest absolute Gasteiger partial charge is 0.0996 e. The molecule has 0 saturated heterocycles. The van der Waals surface area contributed by atoms with E-state index < -0.39 is 0 Å². The molecular formula is C12H24. The van der Waals surface area contributed by atoms with Crippen LogP contribution in [0.3, 0.4) is 0 Å². The van der Waals surface area contributed by atoms with Gasteiger partial charge in [0.05, 0.1) is 0 Å². The van der Waals surface area contributed by atoms with Gasteiger partial charge in [-0.25, -0.2) is 0 Å². The maximum Gasteiger partial charge on any atom is -0.0206 e. The van der Waals surface area contributed by atoms with E-state index in [1.54, 1.807) is 0 Å². The number of allylic oxidation sites excluding steroid dienone is 1. The zero-order valence-corrected chi connectivity index (χ0v) is 9.19. The Bertz CT molecular complexity index is 124. The Hall–Kier alpha value is -0.260. The lowest BCUT2D eigenvalue weighted by molar-refractivity contribution is 0.408. The van der Waals surface area contributed by atoms with E-state index in [1.807, 2.05) is 0 Å². The summed E-state index contributed by atoms with van der Waals surface area (Å²) in [6.07, 6.45) is 5.04. The van der Waals surface area contributed by atoms with Crippen LogP contribution in [0.2, 0.25) is 0 Å². The molecule has 0 amide bonds. The fourth-order valence-corrected chi connectivity index (χ4v) is 1.56. The van der Waals surface area contributed by atoms with Crippen LogP contribution in [0.25, 0.3) is 0 Å². The molecule has 0 aliphatic rings. The van der Waals surface area contributed by atoms with Crippen molar-refractivity contribution in [3.8, 4) is 0 Å². The zero-order valence-electron chi connectivity index (χ0n) is 9.19. The molecule has 72 valence electrons. The molecule has 2 unspecified atom stereocenters. The highest BCUT2D eigenvalue weighted by molar-refractivity contribution is 4.99. The second-order valence-corrected chi connectivity index (χ2v) is 3.87. The monoisotopic (exact) mass is 168 g/mol. The minimum Gasteiger partial charge on any atom is -0.0996 e. The van der Waals surface area contributed by atoms with E-state index in [1.165, 1.54) is 24.8 Å². The first kappa shape index (κ1) is 11.7. The molecule has 0 fully saturated rings. The van der Waals surface area contributed by atoms with Crippen LogP contribution in [-0.4, -0.2) is 0 Å². The third kappa shape index (κ3) is 3.94. The average Bonchev–Trinajstić information content (AvgIpc) is 2.12. The van der Waals surface area contributed by atoms with E-state index in [2.05, 4.69) is 34.3 Å². The van der Waals surface area contributed by atoms with Crippen molar-refractivity contribution in [3.63, 3.8) is 0 Å². The Morgan fingerprint density at radius 3 is 2.08 bits per heavy atom. The molecule has 2 atom stereocenters. The summed E-state index contributed by atoms with van der Waals surface area (Å²) in [6, 6.07) is 0. The average molecular weight is 168 g/mol. The highest BCUT2D eigenvalue weighted by Gasteiger charge is 2.11. The van der Waals surface area contributed by atoms with Crippen molar-refractivity contribution in [1.29, 1.82) is 0 Å². The van der Waals surface area contributed by atoms with Crippen LogP contribution >= 0.6 is 0 Å². The van der Waals surface area contributed by atoms with Crippen LogP contribution < -0.4 is 0 Å². The lowest BCUT2D eigenvalue weighted by Gasteiger charge is -2.20. The van der Waals surface area contributed by atoms with E-state index in [4.69, 9.17) is 0 Å². The highest BCUT2D eigenvalue weighted by Crippen LogP contribution is 2.25. The Balaban J connectivity index is 3.90. The Morgan fingerprint density at radius 1 is 1.17 bits per heavy atom. The zero-order chi connectivity index (χ0) is 9.56. The van der Waals surface area contributed by atoms with Gasteiger partial charge < -0.3 is 0 Å². The molecule has 0 nitrogen and oxygen atoms in total. The quantitative estimate of drug-likeness (QED) is 0.515. The van der Waals surface area contributed by atoms with Gasteiger partial charge in [0.25, 0.3) is 0 Å². The molecule has 0 aliphatic carbocycles. The van der Waals surface area contributed by atoms with Gasteiger partial charge in [0.1, 0.15) is 0 Å². The summed E-state index contributed by atoms with van der Waals surface area (Å²) in [5, 5.41) is 0. The summed E-state index contributed by atoms with van der Waals surface area (Å²) >= 11 is 0. The molecule has 0 heteroatoms. The Kier molecular flexibility index (Phi) is 6.14. The standard InChI is InChI=1S/C12H24/c1-6-10(4)9-12(8-3)11(5)7-2/h10,12H,5-9H2,1-4H3. The van der Waals surface area contributed by atoms with Crippen molar-refractivity contribution in [1.82, 2.24) is 0 Å². The van der Waals surface area contributed by atoms with Gasteiger partial charge in [-0.05, 0) is 31.1 Å². The summed E-state index contributed by atoms with van der Waals surface area (Å²) in [7, 11) is 0. The molecule has 0 aromatic heterocycles. The van der Waals surface area contributed by atoms with Crippen molar-refractivity contribution >= 4 is 0 Å². The minimum atomic E-state index is 0.768. The molecule has 0 aromatic rings. The van der Waals surface area contributed by atoms with Gasteiger partial charge in [-0.3, -0.25) is 0 Å². The Morgan fingerprint density at radius 2 is 1.75 bits per heavy atom. The third-order valence-corrected chi connectivity index (χ3v) is 2.91. The maximum absolute atomic E-state index is 4.13. The van der Waals surface area contributed by atoms with Gasteiger partial charge in [0, 0.05) is 0 Å². The third-order valence-electron chi connectivity index (χ3n) is 2.91. The highest BCUT2D eigenvalue weighted by atomic mass is 14.2. The van der Waals surface area contributed by atoms with E-state index >= 15 is 0 Å². The van der Waals surface area contributed by atoms with Crippen molar-refractivity contribution in [2.24, 2.45) is 11.8 Å². The second kappa shape index (κ2) is 6.28. The summed E-state index contributed by atoms with van der Waals surface area (Å²) in [4.78, 5) is 0. The Labute approximate surface area is 78.1 Å². The number of hydrogen-bond acceptors (Lipinski definition) is 0. The SMILES string of the molecule is C=C(CC)C(CC)CC(C)CC. The molecule has 0 bridgehead atoms. The van der Waals surface area contributed by atoms with Crippen molar-refractivity contribution < 1.29 is 0 Å². The number of rotatable bonds is 6. The first-order valence-corrected chi connectivity index (χ1v) is 5.33. The predicted octanol–water partition coefficient (Wildman–Crippen LogP) is 4.42. The topological polar surface area (TPSA) is 0 Å². The van der Waals surface area contributed by atoms with Gasteiger partial charge in [-0.1, -0.05) is 46.3 Å². The number of hydrogen-bond donors (Lipinski definition) is 0. The summed E-state index contributed by atoms with van der Waals surface area (Å²) in [5.74, 6) is 1.63. The van der Waals surface area contributed by atoms with Crippen LogP contribution in [0.5, 0.6) is 0 Å². The minimum absolute atomic E-state index is 0.768. The fraction of sp³-hybridized carbons (Fsp3) is 0.833. The second-order valence-electron chi connectivity index (χ2n) is 3.87. The lowest BCUT2D eigenvalue weighted by atomic mass is 9.86. The van der Waals surface area contributed by atoms with Crippen molar-refractivity contribution in [3.05, 3.63) is 12.2 Å². The molecule has 0 aliphatic heterocycles. The van der Waals surface area contributed by atoms with Crippen molar-refractivity contribution in [2.75, 3.05) is 0 Å². The molecule has 0 aromatic carbocycles. The van der Waals surface area contributed by atoms with Gasteiger partial charge in [0.2, 0.25) is 0 Å². The van der Waals surface area contributed by atoms with Crippen LogP contribution in [-0.2, 0) is 0 Å². The normalized spacial score (nSPS) is 15.7. The fourth-order valence-electron chi connectivity index (χ4n) is 1.56. The summed E-state index contributed by atoms with van der Waals surface area (Å²) in [6.45, 7) is 13.2. The summed E-state index contributed by atoms with van der Waals surface area (Å²) in [5.41, 5.74) is 1.44. The van der Waals surface area contributed by atoms with E-state index in [9.17, 15) is 0 Å². The molecule has 0 heterocycles. The molecule has 0 radical (unpaired) electrons. The van der Waals surface area contributed by atoms with Gasteiger partial charge >= 0.3 is 0 Å². The van der Waals surface area contributed by atoms with Crippen LogP contribution in [0.4, 0.5) is 0 Å². The van der Waals surface area contributed by atoms with E-state index in [-0.39, 0.29) is 0 Å². The van der Waals surface area contributed by atoms with Gasteiger partial charge in [-0.15, -0.1) is 0 Å². The maximum atomic E-state index is 4.13. The molecule has 0 rings (SSSR count).